The first kappa shape index (κ1) is 38.4. The third-order valence-corrected chi connectivity index (χ3v) is 11.7. The van der Waals surface area contributed by atoms with Crippen LogP contribution < -0.4 is 21.3 Å². The van der Waals surface area contributed by atoms with Crippen molar-refractivity contribution in [3.63, 3.8) is 0 Å². The third kappa shape index (κ3) is 7.28. The van der Waals surface area contributed by atoms with Crippen molar-refractivity contribution in [2.75, 3.05) is 4.90 Å². The highest BCUT2D eigenvalue weighted by molar-refractivity contribution is 6.98. The highest BCUT2D eigenvalue weighted by Crippen LogP contribution is 2.42. The topological polar surface area (TPSA) is 41.9 Å². The van der Waals surface area contributed by atoms with E-state index >= 15 is 0 Å². The molecule has 1 aromatic heterocycles. The number of hydrogen-bond acceptors (Lipinski definition) is 4. The van der Waals surface area contributed by atoms with Crippen molar-refractivity contribution < 1.29 is 0 Å². The molecule has 0 fully saturated rings. The van der Waals surface area contributed by atoms with Crippen LogP contribution in [0.2, 0.25) is 0 Å². The van der Waals surface area contributed by atoms with Crippen LogP contribution in [0.3, 0.4) is 0 Å². The van der Waals surface area contributed by atoms with Crippen LogP contribution in [0.5, 0.6) is 0 Å². The lowest BCUT2D eigenvalue weighted by Gasteiger charge is -2.30. The molecule has 9 aromatic rings. The van der Waals surface area contributed by atoms with Crippen LogP contribution in [0, 0.1) is 41.5 Å². The molecular formula is C55H47BN4. The van der Waals surface area contributed by atoms with Gasteiger partial charge in [-0.1, -0.05) is 214 Å². The Kier molecular flexibility index (Phi) is 10.4. The van der Waals surface area contributed by atoms with E-state index < -0.39 is 0 Å². The Hall–Kier alpha value is -7.11. The van der Waals surface area contributed by atoms with Gasteiger partial charge in [0.05, 0.1) is 11.4 Å². The summed E-state index contributed by atoms with van der Waals surface area (Å²) < 4.78 is 0. The zero-order valence-electron chi connectivity index (χ0n) is 35.1. The molecule has 0 amide bonds. The predicted molar refractivity (Wildman–Crippen MR) is 254 cm³/mol. The Balaban J connectivity index is 1.36. The van der Waals surface area contributed by atoms with Crippen molar-refractivity contribution in [2.45, 2.75) is 41.5 Å². The van der Waals surface area contributed by atoms with Crippen molar-refractivity contribution in [1.29, 1.82) is 0 Å². The zero-order chi connectivity index (χ0) is 41.3. The Morgan fingerprint density at radius 2 is 0.817 bits per heavy atom. The van der Waals surface area contributed by atoms with E-state index in [1.54, 1.807) is 0 Å². The van der Waals surface area contributed by atoms with Gasteiger partial charge in [0.15, 0.2) is 11.6 Å². The monoisotopic (exact) mass is 774 g/mol. The van der Waals surface area contributed by atoms with Crippen LogP contribution in [0.15, 0.2) is 176 Å². The van der Waals surface area contributed by atoms with E-state index in [1.165, 1.54) is 55.2 Å². The van der Waals surface area contributed by atoms with Crippen LogP contribution in [0.25, 0.3) is 44.7 Å². The fourth-order valence-electron chi connectivity index (χ4n) is 9.27. The number of anilines is 3. The van der Waals surface area contributed by atoms with Gasteiger partial charge in [-0.2, -0.15) is 9.97 Å². The summed E-state index contributed by atoms with van der Waals surface area (Å²) in [6, 6.07) is 62.4. The van der Waals surface area contributed by atoms with E-state index in [0.29, 0.717) is 17.6 Å². The minimum atomic E-state index is 0.00162. The molecule has 8 aromatic carbocycles. The zero-order valence-corrected chi connectivity index (χ0v) is 35.1. The summed E-state index contributed by atoms with van der Waals surface area (Å²) in [6.45, 7) is 13.5. The van der Waals surface area contributed by atoms with Crippen LogP contribution in [-0.4, -0.2) is 21.7 Å². The minimum absolute atomic E-state index is 0.00162. The number of aryl methyl sites for hydroxylation is 6. The van der Waals surface area contributed by atoms with Gasteiger partial charge in [0.1, 0.15) is 0 Å². The second-order valence-electron chi connectivity index (χ2n) is 16.0. The first-order chi connectivity index (χ1) is 29.2. The van der Waals surface area contributed by atoms with E-state index in [4.69, 9.17) is 15.0 Å². The van der Waals surface area contributed by atoms with Gasteiger partial charge in [0.2, 0.25) is 12.7 Å². The molecule has 0 N–H and O–H groups in total. The quantitative estimate of drug-likeness (QED) is 0.137. The molecule has 0 atom stereocenters. The maximum atomic E-state index is 5.34. The van der Waals surface area contributed by atoms with E-state index in [0.717, 1.165) is 39.0 Å². The van der Waals surface area contributed by atoms with Crippen LogP contribution >= 0.6 is 0 Å². The van der Waals surface area contributed by atoms with Gasteiger partial charge in [0.25, 0.3) is 0 Å². The van der Waals surface area contributed by atoms with Gasteiger partial charge in [0, 0.05) is 22.1 Å². The third-order valence-electron chi connectivity index (χ3n) is 11.7. The van der Waals surface area contributed by atoms with Gasteiger partial charge >= 0.3 is 0 Å². The van der Waals surface area contributed by atoms with Crippen molar-refractivity contribution in [1.82, 2.24) is 15.0 Å². The number of para-hydroxylation sites is 1. The minimum Gasteiger partial charge on any atom is -0.278 e. The Bertz CT molecular complexity index is 2840. The molecular weight excluding hydrogens is 727 g/mol. The molecule has 0 spiro atoms. The SMILES string of the molecule is Cc1cc(C)c(B(c2c(C)cc(C)cc2C)c2ccc(N(c3nc(-c4ccccc4)nc(-c4ccccc4)n3)c3ccccc3-c3ccccc3)c3ccccc23)c(C)c1. The molecule has 1 heterocycles. The van der Waals surface area contributed by atoms with Gasteiger partial charge in [-0.3, -0.25) is 4.90 Å². The standard InChI is InChI=1S/C55H47BN4/c1-36-32-38(3)51(39(4)33-36)56(52-40(5)34-37(2)35-41(52)6)48-30-31-50(47-28-17-16-27-46(47)48)60(49-29-19-18-26-45(49)42-20-10-7-11-21-42)55-58-53(43-22-12-8-13-23-43)57-54(59-55)44-24-14-9-15-25-44/h7-35H,1-6H3. The normalized spacial score (nSPS) is 11.2. The fourth-order valence-corrected chi connectivity index (χ4v) is 9.27. The molecule has 60 heavy (non-hydrogen) atoms. The van der Waals surface area contributed by atoms with E-state index in [-0.39, 0.29) is 6.71 Å². The molecule has 0 aliphatic rings. The molecule has 0 unspecified atom stereocenters. The van der Waals surface area contributed by atoms with E-state index in [9.17, 15) is 0 Å². The summed E-state index contributed by atoms with van der Waals surface area (Å²) in [5.41, 5.74) is 17.7. The average Bonchev–Trinajstić information content (AvgIpc) is 3.26. The molecule has 0 saturated heterocycles. The summed E-state index contributed by atoms with van der Waals surface area (Å²) in [7, 11) is 0. The number of benzene rings is 8. The van der Waals surface area contributed by atoms with E-state index in [1.807, 2.05) is 36.4 Å². The van der Waals surface area contributed by atoms with E-state index in [2.05, 4.69) is 186 Å². The van der Waals surface area contributed by atoms with Crippen LogP contribution in [0.1, 0.15) is 33.4 Å². The Labute approximate surface area is 354 Å². The maximum absolute atomic E-state index is 5.34. The van der Waals surface area contributed by atoms with Crippen molar-refractivity contribution in [3.8, 4) is 33.9 Å². The lowest BCUT2D eigenvalue weighted by Crippen LogP contribution is -2.56. The van der Waals surface area contributed by atoms with Gasteiger partial charge in [-0.05, 0) is 64.6 Å². The van der Waals surface area contributed by atoms with Crippen molar-refractivity contribution in [2.24, 2.45) is 0 Å². The van der Waals surface area contributed by atoms with Gasteiger partial charge in [-0.25, -0.2) is 4.98 Å². The summed E-state index contributed by atoms with van der Waals surface area (Å²) in [5.74, 6) is 1.76. The summed E-state index contributed by atoms with van der Waals surface area (Å²) in [5, 5.41) is 2.29. The lowest BCUT2D eigenvalue weighted by molar-refractivity contribution is 1.03. The number of nitrogens with zero attached hydrogens (tertiary/aromatic N) is 4. The molecule has 290 valence electrons. The fraction of sp³-hybridized carbons (Fsp3) is 0.109. The Morgan fingerprint density at radius 1 is 0.383 bits per heavy atom. The van der Waals surface area contributed by atoms with Crippen molar-refractivity contribution in [3.05, 3.63) is 209 Å². The molecule has 0 bridgehead atoms. The highest BCUT2D eigenvalue weighted by atomic mass is 15.3. The number of rotatable bonds is 9. The largest absolute Gasteiger partial charge is 0.278 e. The smallest absolute Gasteiger partial charge is 0.243 e. The van der Waals surface area contributed by atoms with Gasteiger partial charge < -0.3 is 0 Å². The summed E-state index contributed by atoms with van der Waals surface area (Å²) >= 11 is 0. The first-order valence-electron chi connectivity index (χ1n) is 20.7. The van der Waals surface area contributed by atoms with Crippen molar-refractivity contribution >= 4 is 51.2 Å². The predicted octanol–water partition coefficient (Wildman–Crippen LogP) is 11.9. The molecule has 5 heteroatoms. The molecule has 0 aliphatic heterocycles. The summed E-state index contributed by atoms with van der Waals surface area (Å²) in [6.07, 6.45) is 0. The highest BCUT2D eigenvalue weighted by Gasteiger charge is 2.32. The Morgan fingerprint density at radius 3 is 1.33 bits per heavy atom. The number of fused-ring (bicyclic) bond motifs is 1. The van der Waals surface area contributed by atoms with Crippen LogP contribution in [-0.2, 0) is 0 Å². The first-order valence-corrected chi connectivity index (χ1v) is 20.7. The molecule has 9 rings (SSSR count). The average molecular weight is 775 g/mol. The second kappa shape index (κ2) is 16.3. The molecule has 0 aliphatic carbocycles. The number of aromatic nitrogens is 3. The van der Waals surface area contributed by atoms with Crippen LogP contribution in [0.4, 0.5) is 17.3 Å². The summed E-state index contributed by atoms with van der Waals surface area (Å²) in [4.78, 5) is 18.0. The molecule has 0 radical (unpaired) electrons. The number of hydrogen-bond donors (Lipinski definition) is 0. The lowest BCUT2D eigenvalue weighted by atomic mass is 9.33. The molecule has 0 saturated carbocycles. The molecule has 4 nitrogen and oxygen atoms in total. The maximum Gasteiger partial charge on any atom is 0.243 e. The second-order valence-corrected chi connectivity index (χ2v) is 16.0. The van der Waals surface area contributed by atoms with Gasteiger partial charge in [-0.15, -0.1) is 0 Å².